The van der Waals surface area contributed by atoms with Crippen LogP contribution in [0, 0.1) is 10.1 Å². The molecule has 0 fully saturated rings. The zero-order valence-electron chi connectivity index (χ0n) is 16.1. The van der Waals surface area contributed by atoms with E-state index in [1.54, 1.807) is 12.1 Å². The lowest BCUT2D eigenvalue weighted by Crippen LogP contribution is -2.30. The molecule has 0 saturated heterocycles. The number of nitrogens with one attached hydrogen (secondary N) is 1. The van der Waals surface area contributed by atoms with Gasteiger partial charge in [0.15, 0.2) is 11.9 Å². The lowest BCUT2D eigenvalue weighted by molar-refractivity contribution is -0.385. The highest BCUT2D eigenvalue weighted by Gasteiger charge is 2.23. The van der Waals surface area contributed by atoms with Crippen molar-refractivity contribution in [3.8, 4) is 5.75 Å². The SMILES string of the molecule is COc1ccc(C(=O)O[C@H](C)C(=O)Nc2ccc(C(C)C)cc2)cc1[N+](=O)[O-]. The number of ether oxygens (including phenoxy) is 2. The first kappa shape index (κ1) is 20.9. The maximum Gasteiger partial charge on any atom is 0.339 e. The van der Waals surface area contributed by atoms with Gasteiger partial charge in [-0.2, -0.15) is 0 Å². The van der Waals surface area contributed by atoms with Gasteiger partial charge < -0.3 is 14.8 Å². The van der Waals surface area contributed by atoms with E-state index in [0.29, 0.717) is 11.6 Å². The standard InChI is InChI=1S/C20H22N2O6/c1-12(2)14-5-8-16(9-6-14)21-19(23)13(3)28-20(24)15-7-10-18(27-4)17(11-15)22(25)26/h5-13H,1-4H3,(H,21,23)/t13-/m1/s1. The third-order valence-electron chi connectivity index (χ3n) is 4.11. The Morgan fingerprint density at radius 1 is 1.07 bits per heavy atom. The van der Waals surface area contributed by atoms with E-state index >= 15 is 0 Å². The second-order valence-corrected chi connectivity index (χ2v) is 6.46. The number of benzene rings is 2. The van der Waals surface area contributed by atoms with Gasteiger partial charge in [0, 0.05) is 11.8 Å². The number of hydrogen-bond acceptors (Lipinski definition) is 6. The van der Waals surface area contributed by atoms with Crippen molar-refractivity contribution in [2.24, 2.45) is 0 Å². The third-order valence-corrected chi connectivity index (χ3v) is 4.11. The van der Waals surface area contributed by atoms with E-state index in [2.05, 4.69) is 19.2 Å². The van der Waals surface area contributed by atoms with Crippen molar-refractivity contribution in [1.29, 1.82) is 0 Å². The molecule has 148 valence electrons. The fraction of sp³-hybridized carbons (Fsp3) is 0.300. The van der Waals surface area contributed by atoms with Gasteiger partial charge in [-0.15, -0.1) is 0 Å². The number of carbonyl (C=O) groups is 2. The number of anilines is 1. The first-order valence-electron chi connectivity index (χ1n) is 8.67. The third kappa shape index (κ3) is 5.06. The van der Waals surface area contributed by atoms with E-state index < -0.39 is 22.9 Å². The van der Waals surface area contributed by atoms with Crippen LogP contribution in [-0.4, -0.2) is 30.0 Å². The smallest absolute Gasteiger partial charge is 0.339 e. The average Bonchev–Trinajstić information content (AvgIpc) is 2.67. The van der Waals surface area contributed by atoms with Crippen LogP contribution < -0.4 is 10.1 Å². The topological polar surface area (TPSA) is 108 Å². The van der Waals surface area contributed by atoms with Gasteiger partial charge in [0.05, 0.1) is 17.6 Å². The van der Waals surface area contributed by atoms with Crippen molar-refractivity contribution < 1.29 is 24.0 Å². The van der Waals surface area contributed by atoms with E-state index in [1.807, 2.05) is 12.1 Å². The van der Waals surface area contributed by atoms with Gasteiger partial charge in [-0.25, -0.2) is 4.79 Å². The molecule has 2 aromatic carbocycles. The van der Waals surface area contributed by atoms with E-state index in [4.69, 9.17) is 9.47 Å². The first-order chi connectivity index (χ1) is 13.2. The zero-order chi connectivity index (χ0) is 20.8. The maximum atomic E-state index is 12.3. The molecule has 8 heteroatoms. The van der Waals surface area contributed by atoms with E-state index in [9.17, 15) is 19.7 Å². The molecule has 1 N–H and O–H groups in total. The van der Waals surface area contributed by atoms with Gasteiger partial charge in [0.1, 0.15) is 0 Å². The molecule has 0 spiro atoms. The molecule has 28 heavy (non-hydrogen) atoms. The van der Waals surface area contributed by atoms with Crippen LogP contribution in [0.5, 0.6) is 5.75 Å². The van der Waals surface area contributed by atoms with Crippen molar-refractivity contribution in [3.63, 3.8) is 0 Å². The van der Waals surface area contributed by atoms with Crippen LogP contribution in [0.25, 0.3) is 0 Å². The second kappa shape index (κ2) is 8.98. The number of esters is 1. The Labute approximate surface area is 162 Å². The van der Waals surface area contributed by atoms with Crippen LogP contribution in [0.1, 0.15) is 42.6 Å². The summed E-state index contributed by atoms with van der Waals surface area (Å²) in [4.78, 5) is 34.9. The molecule has 0 aliphatic carbocycles. The van der Waals surface area contributed by atoms with Gasteiger partial charge >= 0.3 is 11.7 Å². The highest BCUT2D eigenvalue weighted by molar-refractivity contribution is 5.97. The number of nitro groups is 1. The monoisotopic (exact) mass is 386 g/mol. The first-order valence-corrected chi connectivity index (χ1v) is 8.67. The van der Waals surface area contributed by atoms with E-state index in [-0.39, 0.29) is 17.0 Å². The summed E-state index contributed by atoms with van der Waals surface area (Å²) in [5, 5.41) is 13.7. The Kier molecular flexibility index (Phi) is 6.70. The Balaban J connectivity index is 2.04. The van der Waals surface area contributed by atoms with Gasteiger partial charge in [-0.05, 0) is 42.7 Å². The van der Waals surface area contributed by atoms with Gasteiger partial charge in [0.2, 0.25) is 0 Å². The molecule has 2 rings (SSSR count). The summed E-state index contributed by atoms with van der Waals surface area (Å²) in [7, 11) is 1.29. The molecule has 1 atom stereocenters. The number of hydrogen-bond donors (Lipinski definition) is 1. The molecule has 1 amide bonds. The van der Waals surface area contributed by atoms with Crippen molar-refractivity contribution in [2.45, 2.75) is 32.8 Å². The van der Waals surface area contributed by atoms with Gasteiger partial charge in [-0.3, -0.25) is 14.9 Å². The number of nitro benzene ring substituents is 1. The number of nitrogens with zero attached hydrogens (tertiary/aromatic N) is 1. The van der Waals surface area contributed by atoms with Crippen molar-refractivity contribution in [1.82, 2.24) is 0 Å². The van der Waals surface area contributed by atoms with Crippen LogP contribution in [-0.2, 0) is 9.53 Å². The molecule has 0 aliphatic heterocycles. The van der Waals surface area contributed by atoms with Gasteiger partial charge in [0.25, 0.3) is 5.91 Å². The molecule has 8 nitrogen and oxygen atoms in total. The Morgan fingerprint density at radius 2 is 1.71 bits per heavy atom. The molecule has 0 aliphatic rings. The van der Waals surface area contributed by atoms with Gasteiger partial charge in [-0.1, -0.05) is 26.0 Å². The highest BCUT2D eigenvalue weighted by atomic mass is 16.6. The number of carbonyl (C=O) groups excluding carboxylic acids is 2. The quantitative estimate of drug-likeness (QED) is 0.439. The van der Waals surface area contributed by atoms with E-state index in [0.717, 1.165) is 11.6 Å². The van der Waals surface area contributed by atoms with Crippen molar-refractivity contribution in [3.05, 3.63) is 63.7 Å². The molecule has 0 saturated carbocycles. The maximum absolute atomic E-state index is 12.3. The molecule has 0 aromatic heterocycles. The summed E-state index contributed by atoms with van der Waals surface area (Å²) in [6.45, 7) is 5.56. The predicted octanol–water partition coefficient (Wildman–Crippen LogP) is 3.91. The molecular formula is C20H22N2O6. The lowest BCUT2D eigenvalue weighted by Gasteiger charge is -2.14. The Bertz CT molecular complexity index is 877. The van der Waals surface area contributed by atoms with Crippen molar-refractivity contribution in [2.75, 3.05) is 12.4 Å². The normalized spacial score (nSPS) is 11.6. The fourth-order valence-electron chi connectivity index (χ4n) is 2.44. The summed E-state index contributed by atoms with van der Waals surface area (Å²) in [6.07, 6.45) is -1.08. The second-order valence-electron chi connectivity index (χ2n) is 6.46. The molecule has 0 heterocycles. The lowest BCUT2D eigenvalue weighted by atomic mass is 10.0. The van der Waals surface area contributed by atoms with Crippen LogP contribution >= 0.6 is 0 Å². The highest BCUT2D eigenvalue weighted by Crippen LogP contribution is 2.28. The minimum absolute atomic E-state index is 0.0252. The summed E-state index contributed by atoms with van der Waals surface area (Å²) in [6, 6.07) is 11.1. The summed E-state index contributed by atoms with van der Waals surface area (Å²) < 4.78 is 10.0. The predicted molar refractivity (Wildman–Crippen MR) is 104 cm³/mol. The average molecular weight is 386 g/mol. The molecule has 0 radical (unpaired) electrons. The van der Waals surface area contributed by atoms with E-state index in [1.165, 1.54) is 26.2 Å². The fourth-order valence-corrected chi connectivity index (χ4v) is 2.44. The number of methoxy groups -OCH3 is 1. The van der Waals surface area contributed by atoms with Crippen LogP contribution in [0.4, 0.5) is 11.4 Å². The van der Waals surface area contributed by atoms with Crippen LogP contribution in [0.15, 0.2) is 42.5 Å². The molecule has 0 bridgehead atoms. The molecule has 0 unspecified atom stereocenters. The number of amides is 1. The summed E-state index contributed by atoms with van der Waals surface area (Å²) in [5.41, 5.74) is 1.31. The Hall–Kier alpha value is -3.42. The minimum atomic E-state index is -1.08. The minimum Gasteiger partial charge on any atom is -0.490 e. The molecule has 2 aromatic rings. The number of rotatable bonds is 7. The van der Waals surface area contributed by atoms with Crippen LogP contribution in [0.3, 0.4) is 0 Å². The van der Waals surface area contributed by atoms with Crippen molar-refractivity contribution >= 4 is 23.3 Å². The van der Waals surface area contributed by atoms with Crippen LogP contribution in [0.2, 0.25) is 0 Å². The molecular weight excluding hydrogens is 364 g/mol. The Morgan fingerprint density at radius 3 is 2.25 bits per heavy atom. The summed E-state index contributed by atoms with van der Waals surface area (Å²) in [5.74, 6) is -0.951. The largest absolute Gasteiger partial charge is 0.490 e. The zero-order valence-corrected chi connectivity index (χ0v) is 16.1. The summed E-state index contributed by atoms with van der Waals surface area (Å²) >= 11 is 0.